The van der Waals surface area contributed by atoms with Gasteiger partial charge in [-0.15, -0.1) is 6.42 Å². The molecule has 0 radical (unpaired) electrons. The Morgan fingerprint density at radius 1 is 1.17 bits per heavy atom. The van der Waals surface area contributed by atoms with E-state index in [1.807, 2.05) is 36.4 Å². The molecule has 1 fully saturated rings. The first kappa shape index (κ1) is 19.0. The van der Waals surface area contributed by atoms with Crippen LogP contribution in [0, 0.1) is 12.3 Å². The lowest BCUT2D eigenvalue weighted by Gasteiger charge is -2.29. The van der Waals surface area contributed by atoms with Crippen LogP contribution in [-0.4, -0.2) is 48.2 Å². The summed E-state index contributed by atoms with van der Waals surface area (Å²) >= 11 is 0. The van der Waals surface area contributed by atoms with Gasteiger partial charge >= 0.3 is 0 Å². The van der Waals surface area contributed by atoms with Crippen LogP contribution in [0.5, 0.6) is 11.5 Å². The summed E-state index contributed by atoms with van der Waals surface area (Å²) in [6, 6.07) is 11.5. The Bertz CT molecular complexity index is 1050. The number of rotatable bonds is 5. The molecular formula is C23H24N4O2. The summed E-state index contributed by atoms with van der Waals surface area (Å²) in [5.41, 5.74) is 2.43. The van der Waals surface area contributed by atoms with Crippen molar-refractivity contribution in [3.05, 3.63) is 48.3 Å². The molecule has 0 bridgehead atoms. The van der Waals surface area contributed by atoms with E-state index in [9.17, 15) is 0 Å². The van der Waals surface area contributed by atoms with Gasteiger partial charge in [0.05, 0.1) is 18.0 Å². The normalized spacial score (nSPS) is 15.1. The fourth-order valence-corrected chi connectivity index (χ4v) is 3.54. The number of hydrogen-bond acceptors (Lipinski definition) is 6. The molecule has 4 rings (SSSR count). The lowest BCUT2D eigenvalue weighted by Crippen LogP contribution is -2.35. The van der Waals surface area contributed by atoms with Crippen molar-refractivity contribution in [3.8, 4) is 23.8 Å². The first-order chi connectivity index (χ1) is 14.2. The van der Waals surface area contributed by atoms with Crippen molar-refractivity contribution in [2.24, 2.45) is 0 Å². The third-order valence-electron chi connectivity index (χ3n) is 5.16. The van der Waals surface area contributed by atoms with Crippen molar-refractivity contribution < 1.29 is 9.47 Å². The Labute approximate surface area is 170 Å². The zero-order chi connectivity index (χ0) is 20.2. The van der Waals surface area contributed by atoms with Gasteiger partial charge in [-0.05, 0) is 38.1 Å². The maximum atomic E-state index is 6.42. The molecule has 2 heterocycles. The molecule has 148 valence electrons. The molecule has 0 unspecified atom stereocenters. The Morgan fingerprint density at radius 2 is 2.00 bits per heavy atom. The van der Waals surface area contributed by atoms with E-state index in [4.69, 9.17) is 15.9 Å². The van der Waals surface area contributed by atoms with E-state index in [2.05, 4.69) is 33.2 Å². The summed E-state index contributed by atoms with van der Waals surface area (Å²) in [4.78, 5) is 11.2. The number of fused-ring (bicyclic) bond motifs is 1. The average molecular weight is 388 g/mol. The lowest BCUT2D eigenvalue weighted by atomic mass is 10.1. The number of terminal acetylenes is 1. The van der Waals surface area contributed by atoms with Crippen LogP contribution >= 0.6 is 0 Å². The van der Waals surface area contributed by atoms with Gasteiger partial charge in [-0.1, -0.05) is 12.0 Å². The van der Waals surface area contributed by atoms with E-state index < -0.39 is 0 Å². The highest BCUT2D eigenvalue weighted by Gasteiger charge is 2.21. The third-order valence-corrected chi connectivity index (χ3v) is 5.16. The molecule has 0 spiro atoms. The molecule has 1 saturated heterocycles. The number of aromatic nitrogens is 2. The molecule has 0 saturated carbocycles. The van der Waals surface area contributed by atoms with Gasteiger partial charge in [-0.25, -0.2) is 9.97 Å². The van der Waals surface area contributed by atoms with Gasteiger partial charge in [0, 0.05) is 36.5 Å². The Morgan fingerprint density at radius 3 is 2.76 bits per heavy atom. The maximum absolute atomic E-state index is 6.42. The molecule has 1 N–H and O–H groups in total. The van der Waals surface area contributed by atoms with Crippen molar-refractivity contribution in [3.63, 3.8) is 0 Å². The summed E-state index contributed by atoms with van der Waals surface area (Å²) in [7, 11) is 3.78. The van der Waals surface area contributed by atoms with Gasteiger partial charge in [-0.3, -0.25) is 0 Å². The summed E-state index contributed by atoms with van der Waals surface area (Å²) in [6.45, 7) is 2.04. The van der Waals surface area contributed by atoms with E-state index in [0.717, 1.165) is 53.8 Å². The van der Waals surface area contributed by atoms with Crippen molar-refractivity contribution in [2.75, 3.05) is 32.6 Å². The van der Waals surface area contributed by atoms with Crippen LogP contribution < -0.4 is 14.8 Å². The summed E-state index contributed by atoms with van der Waals surface area (Å²) in [6.07, 6.45) is 9.18. The van der Waals surface area contributed by atoms with Crippen LogP contribution in [0.15, 0.2) is 42.7 Å². The Hall–Kier alpha value is -3.30. The van der Waals surface area contributed by atoms with E-state index in [1.54, 1.807) is 7.11 Å². The van der Waals surface area contributed by atoms with Crippen molar-refractivity contribution in [1.82, 2.24) is 14.9 Å². The van der Waals surface area contributed by atoms with E-state index >= 15 is 0 Å². The average Bonchev–Trinajstić information content (AvgIpc) is 2.75. The van der Waals surface area contributed by atoms with Crippen LogP contribution in [-0.2, 0) is 0 Å². The minimum absolute atomic E-state index is 0.152. The maximum Gasteiger partial charge on any atom is 0.145 e. The molecule has 1 aromatic heterocycles. The highest BCUT2D eigenvalue weighted by Crippen LogP contribution is 2.36. The number of piperidine rings is 1. The van der Waals surface area contributed by atoms with E-state index in [0.29, 0.717) is 11.6 Å². The van der Waals surface area contributed by atoms with Crippen molar-refractivity contribution >= 4 is 22.4 Å². The molecule has 1 aliphatic heterocycles. The lowest BCUT2D eigenvalue weighted by molar-refractivity contribution is 0.115. The molecule has 3 aromatic rings. The first-order valence-corrected chi connectivity index (χ1v) is 9.68. The first-order valence-electron chi connectivity index (χ1n) is 9.68. The van der Waals surface area contributed by atoms with Crippen LogP contribution in [0.2, 0.25) is 0 Å². The van der Waals surface area contributed by atoms with Gasteiger partial charge in [0.1, 0.15) is 29.7 Å². The highest BCUT2D eigenvalue weighted by molar-refractivity contribution is 5.96. The van der Waals surface area contributed by atoms with Gasteiger partial charge < -0.3 is 19.7 Å². The summed E-state index contributed by atoms with van der Waals surface area (Å²) < 4.78 is 11.9. The zero-order valence-corrected chi connectivity index (χ0v) is 16.7. The SMILES string of the molecule is C#Cc1cccc(Nc2ncnc3cc(OC)cc(OC4CCN(C)CC4)c23)c1. The fraction of sp³-hybridized carbons (Fsp3) is 0.304. The van der Waals surface area contributed by atoms with Crippen LogP contribution in [0.4, 0.5) is 11.5 Å². The number of likely N-dealkylation sites (tertiary alicyclic amines) is 1. The number of hydrogen-bond donors (Lipinski definition) is 1. The van der Waals surface area contributed by atoms with Crippen LogP contribution in [0.1, 0.15) is 18.4 Å². The van der Waals surface area contributed by atoms with Crippen molar-refractivity contribution in [2.45, 2.75) is 18.9 Å². The van der Waals surface area contributed by atoms with Gasteiger partial charge in [0.15, 0.2) is 0 Å². The second kappa shape index (κ2) is 8.38. The molecule has 6 heteroatoms. The quantitative estimate of drug-likeness (QED) is 0.670. The molecule has 0 atom stereocenters. The largest absolute Gasteiger partial charge is 0.497 e. The minimum atomic E-state index is 0.152. The van der Waals surface area contributed by atoms with Crippen LogP contribution in [0.3, 0.4) is 0 Å². The van der Waals surface area contributed by atoms with Crippen molar-refractivity contribution in [1.29, 1.82) is 0 Å². The third kappa shape index (κ3) is 4.25. The topological polar surface area (TPSA) is 59.5 Å². The predicted molar refractivity (Wildman–Crippen MR) is 115 cm³/mol. The fourth-order valence-electron chi connectivity index (χ4n) is 3.54. The van der Waals surface area contributed by atoms with Crippen LogP contribution in [0.25, 0.3) is 10.9 Å². The van der Waals surface area contributed by atoms with Gasteiger partial charge in [0.25, 0.3) is 0 Å². The monoisotopic (exact) mass is 388 g/mol. The molecule has 1 aliphatic rings. The molecule has 2 aromatic carbocycles. The predicted octanol–water partition coefficient (Wildman–Crippen LogP) is 3.84. The molecule has 0 aliphatic carbocycles. The number of nitrogens with one attached hydrogen (secondary N) is 1. The number of anilines is 2. The number of ether oxygens (including phenoxy) is 2. The molecule has 6 nitrogen and oxygen atoms in total. The second-order valence-electron chi connectivity index (χ2n) is 7.21. The minimum Gasteiger partial charge on any atom is -0.497 e. The zero-order valence-electron chi connectivity index (χ0n) is 16.7. The summed E-state index contributed by atoms with van der Waals surface area (Å²) in [5, 5.41) is 4.20. The van der Waals surface area contributed by atoms with E-state index in [1.165, 1.54) is 6.33 Å². The number of nitrogens with zero attached hydrogens (tertiary/aromatic N) is 3. The smallest absolute Gasteiger partial charge is 0.145 e. The standard InChI is InChI=1S/C23H24N4O2/c1-4-16-6-5-7-17(12-16)26-23-22-20(24-15-25-23)13-19(28-3)14-21(22)29-18-8-10-27(2)11-9-18/h1,5-7,12-15,18H,8-11H2,2-3H3,(H,24,25,26). The molecule has 29 heavy (non-hydrogen) atoms. The number of benzene rings is 2. The Balaban J connectivity index is 1.73. The Kier molecular flexibility index (Phi) is 5.50. The molecular weight excluding hydrogens is 364 g/mol. The van der Waals surface area contributed by atoms with Gasteiger partial charge in [0.2, 0.25) is 0 Å². The van der Waals surface area contributed by atoms with Gasteiger partial charge in [-0.2, -0.15) is 0 Å². The summed E-state index contributed by atoms with van der Waals surface area (Å²) in [5.74, 6) is 4.77. The van der Waals surface area contributed by atoms with E-state index in [-0.39, 0.29) is 6.10 Å². The second-order valence-corrected chi connectivity index (χ2v) is 7.21. The highest BCUT2D eigenvalue weighted by atomic mass is 16.5. The molecule has 0 amide bonds. The number of methoxy groups -OCH3 is 1.